The summed E-state index contributed by atoms with van der Waals surface area (Å²) < 4.78 is 20.2. The average molecular weight is 393 g/mol. The summed E-state index contributed by atoms with van der Waals surface area (Å²) in [5.74, 6) is 0.225. The van der Waals surface area contributed by atoms with Gasteiger partial charge in [0, 0.05) is 12.0 Å². The fraction of sp³-hybridized carbons (Fsp3) is 0.381. The smallest absolute Gasteiger partial charge is 0.230 e. The zero-order valence-corrected chi connectivity index (χ0v) is 16.7. The number of hydrogen-bond donors (Lipinski definition) is 2. The summed E-state index contributed by atoms with van der Waals surface area (Å²) in [5, 5.41) is 6.01. The number of methoxy groups -OCH3 is 1. The van der Waals surface area contributed by atoms with Crippen LogP contribution in [-0.4, -0.2) is 19.6 Å². The Bertz CT molecular complexity index is 824. The molecule has 1 heterocycles. The first-order valence-electron chi connectivity index (χ1n) is 8.86. The molecule has 2 aromatic rings. The highest BCUT2D eigenvalue weighted by Gasteiger charge is 2.30. The van der Waals surface area contributed by atoms with Crippen molar-refractivity contribution in [1.82, 2.24) is 5.32 Å². The normalized spacial score (nSPS) is 13.3. The molecule has 146 valence electrons. The molecule has 27 heavy (non-hydrogen) atoms. The van der Waals surface area contributed by atoms with Crippen LogP contribution in [0.2, 0.25) is 0 Å². The zero-order chi connectivity index (χ0) is 18.7. The molecule has 0 saturated carbocycles. The van der Waals surface area contributed by atoms with Crippen molar-refractivity contribution in [1.29, 1.82) is 0 Å². The summed E-state index contributed by atoms with van der Waals surface area (Å²) in [6.07, 6.45) is 1.13. The van der Waals surface area contributed by atoms with Gasteiger partial charge in [-0.25, -0.2) is 4.39 Å². The van der Waals surface area contributed by atoms with Gasteiger partial charge < -0.3 is 15.4 Å². The third-order valence-electron chi connectivity index (χ3n) is 4.90. The van der Waals surface area contributed by atoms with Gasteiger partial charge in [-0.05, 0) is 48.2 Å². The highest BCUT2D eigenvalue weighted by atomic mass is 35.5. The Labute approximate surface area is 165 Å². The number of nitrogens with one attached hydrogen (secondary N) is 2. The minimum Gasteiger partial charge on any atom is -0.496 e. The van der Waals surface area contributed by atoms with Crippen molar-refractivity contribution in [3.05, 3.63) is 58.9 Å². The van der Waals surface area contributed by atoms with E-state index in [1.54, 1.807) is 13.2 Å². The summed E-state index contributed by atoms with van der Waals surface area (Å²) in [4.78, 5) is 12.8. The minimum atomic E-state index is -0.710. The maximum Gasteiger partial charge on any atom is 0.230 e. The average Bonchev–Trinajstić information content (AvgIpc) is 2.64. The molecule has 0 atom stereocenters. The van der Waals surface area contributed by atoms with Crippen molar-refractivity contribution in [2.75, 3.05) is 19.0 Å². The first-order valence-corrected chi connectivity index (χ1v) is 8.86. The van der Waals surface area contributed by atoms with Crippen molar-refractivity contribution in [2.24, 2.45) is 5.41 Å². The molecule has 0 saturated heterocycles. The fourth-order valence-corrected chi connectivity index (χ4v) is 3.33. The van der Waals surface area contributed by atoms with Gasteiger partial charge in [0.15, 0.2) is 0 Å². The van der Waals surface area contributed by atoms with Crippen LogP contribution in [0.25, 0.3) is 0 Å². The van der Waals surface area contributed by atoms with E-state index in [2.05, 4.69) is 10.6 Å². The van der Waals surface area contributed by atoms with Crippen LogP contribution in [0.1, 0.15) is 30.5 Å². The highest BCUT2D eigenvalue weighted by molar-refractivity contribution is 5.95. The van der Waals surface area contributed by atoms with Gasteiger partial charge >= 0.3 is 0 Å². The molecule has 1 amide bonds. The molecular formula is C21H26ClFN2O2. The van der Waals surface area contributed by atoms with Crippen molar-refractivity contribution in [3.63, 3.8) is 0 Å². The molecule has 0 spiro atoms. The molecule has 3 rings (SSSR count). The van der Waals surface area contributed by atoms with Crippen LogP contribution in [0.3, 0.4) is 0 Å². The quantitative estimate of drug-likeness (QED) is 0.805. The molecule has 6 heteroatoms. The van der Waals surface area contributed by atoms with Crippen LogP contribution in [0, 0.1) is 11.2 Å². The minimum absolute atomic E-state index is 0. The van der Waals surface area contributed by atoms with Gasteiger partial charge in [0.2, 0.25) is 5.91 Å². The molecule has 2 aromatic carbocycles. The van der Waals surface area contributed by atoms with Crippen molar-refractivity contribution in [2.45, 2.75) is 33.2 Å². The summed E-state index contributed by atoms with van der Waals surface area (Å²) in [5.41, 5.74) is 2.15. The predicted molar refractivity (Wildman–Crippen MR) is 108 cm³/mol. The first-order chi connectivity index (χ1) is 12.4. The van der Waals surface area contributed by atoms with E-state index in [0.717, 1.165) is 23.4 Å². The summed E-state index contributed by atoms with van der Waals surface area (Å²) in [6, 6.07) is 11.2. The molecule has 0 aromatic heterocycles. The number of ether oxygens (including phenoxy) is 1. The molecule has 0 aliphatic carbocycles. The number of halogens is 2. The molecule has 0 fully saturated rings. The number of fused-ring (bicyclic) bond motifs is 1. The van der Waals surface area contributed by atoms with Crippen LogP contribution in [0.5, 0.6) is 5.75 Å². The summed E-state index contributed by atoms with van der Waals surface area (Å²) in [7, 11) is 1.61. The second-order valence-electron chi connectivity index (χ2n) is 7.32. The SMILES string of the molecule is COc1ccccc1CC(C)(C)C(=O)Nc1ccc2c(c1F)CCNC2.Cl. The molecule has 4 nitrogen and oxygen atoms in total. The van der Waals surface area contributed by atoms with Gasteiger partial charge in [-0.1, -0.05) is 38.1 Å². The third-order valence-corrected chi connectivity index (χ3v) is 4.90. The van der Waals surface area contributed by atoms with Crippen LogP contribution in [0.15, 0.2) is 36.4 Å². The number of carbonyl (C=O) groups is 1. The lowest BCUT2D eigenvalue weighted by Gasteiger charge is -2.26. The van der Waals surface area contributed by atoms with Gasteiger partial charge in [0.05, 0.1) is 12.8 Å². The standard InChI is InChI=1S/C21H25FN2O2.ClH/c1-21(2,12-14-6-4-5-7-18(14)26-3)20(25)24-17-9-8-15-13-23-11-10-16(15)19(17)22;/h4-9,23H,10-13H2,1-3H3,(H,24,25);1H. The number of hydrogen-bond acceptors (Lipinski definition) is 3. The van der Waals surface area contributed by atoms with Crippen LogP contribution >= 0.6 is 12.4 Å². The Hall–Kier alpha value is -2.11. The third kappa shape index (κ3) is 4.60. The molecule has 2 N–H and O–H groups in total. The summed E-state index contributed by atoms with van der Waals surface area (Å²) in [6.45, 7) is 5.13. The van der Waals surface area contributed by atoms with E-state index in [0.29, 0.717) is 24.9 Å². The molecule has 1 aliphatic rings. The van der Waals surface area contributed by atoms with Crippen molar-refractivity contribution >= 4 is 24.0 Å². The van der Waals surface area contributed by atoms with E-state index >= 15 is 0 Å². The monoisotopic (exact) mass is 392 g/mol. The molecular weight excluding hydrogens is 367 g/mol. The largest absolute Gasteiger partial charge is 0.496 e. The van der Waals surface area contributed by atoms with Crippen LogP contribution in [0.4, 0.5) is 10.1 Å². The lowest BCUT2D eigenvalue weighted by atomic mass is 9.84. The van der Waals surface area contributed by atoms with Crippen molar-refractivity contribution < 1.29 is 13.9 Å². The van der Waals surface area contributed by atoms with Gasteiger partial charge in [-0.2, -0.15) is 0 Å². The van der Waals surface area contributed by atoms with E-state index in [9.17, 15) is 9.18 Å². The molecule has 0 bridgehead atoms. The second-order valence-corrected chi connectivity index (χ2v) is 7.32. The zero-order valence-electron chi connectivity index (χ0n) is 15.9. The molecule has 1 aliphatic heterocycles. The van der Waals surface area contributed by atoms with E-state index in [4.69, 9.17) is 4.74 Å². The fourth-order valence-electron chi connectivity index (χ4n) is 3.33. The highest BCUT2D eigenvalue weighted by Crippen LogP contribution is 2.30. The van der Waals surface area contributed by atoms with Gasteiger partial charge in [-0.3, -0.25) is 4.79 Å². The Morgan fingerprint density at radius 2 is 2.00 bits per heavy atom. The Balaban J connectivity index is 0.00000261. The van der Waals surface area contributed by atoms with E-state index in [1.165, 1.54) is 0 Å². The predicted octanol–water partition coefficient (Wildman–Crippen LogP) is 4.11. The van der Waals surface area contributed by atoms with E-state index in [-0.39, 0.29) is 29.8 Å². The Morgan fingerprint density at radius 3 is 2.74 bits per heavy atom. The van der Waals surface area contributed by atoms with Crippen LogP contribution in [-0.2, 0) is 24.2 Å². The summed E-state index contributed by atoms with van der Waals surface area (Å²) >= 11 is 0. The molecule has 0 radical (unpaired) electrons. The number of benzene rings is 2. The van der Waals surface area contributed by atoms with Crippen molar-refractivity contribution in [3.8, 4) is 5.75 Å². The van der Waals surface area contributed by atoms with Gasteiger partial charge in [0.1, 0.15) is 11.6 Å². The number of anilines is 1. The number of amides is 1. The molecule has 0 unspecified atom stereocenters. The maximum atomic E-state index is 14.8. The number of carbonyl (C=O) groups excluding carboxylic acids is 1. The van der Waals surface area contributed by atoms with Gasteiger partial charge in [-0.15, -0.1) is 12.4 Å². The number of para-hydroxylation sites is 1. The van der Waals surface area contributed by atoms with E-state index in [1.807, 2.05) is 44.2 Å². The van der Waals surface area contributed by atoms with Crippen LogP contribution < -0.4 is 15.4 Å². The lowest BCUT2D eigenvalue weighted by molar-refractivity contribution is -0.123. The lowest BCUT2D eigenvalue weighted by Crippen LogP contribution is -2.33. The maximum absolute atomic E-state index is 14.8. The van der Waals surface area contributed by atoms with E-state index < -0.39 is 5.41 Å². The number of rotatable bonds is 5. The first kappa shape index (κ1) is 21.2. The Morgan fingerprint density at radius 1 is 1.26 bits per heavy atom. The Kier molecular flexibility index (Phi) is 6.84. The van der Waals surface area contributed by atoms with Gasteiger partial charge in [0.25, 0.3) is 0 Å². The topological polar surface area (TPSA) is 50.4 Å². The second kappa shape index (κ2) is 8.72.